The number of fused-ring (bicyclic) bond motifs is 11. The lowest BCUT2D eigenvalue weighted by molar-refractivity contribution is 0.667. The van der Waals surface area contributed by atoms with Crippen molar-refractivity contribution in [2.45, 2.75) is 19.3 Å². The Labute approximate surface area is 309 Å². The SMILES string of the molecule is CC1(C)c2cc(-c3ccc(-c4c5ccccc5c(-c5ccccc5)c5ccccc45)c4ccccc34)ccc2-c2c1c1ccccc1c1ccccc21. The second-order valence-electron chi connectivity index (χ2n) is 15.1. The Hall–Kier alpha value is -6.50. The lowest BCUT2D eigenvalue weighted by Gasteiger charge is -2.24. The zero-order valence-electron chi connectivity index (χ0n) is 29.8. The van der Waals surface area contributed by atoms with E-state index in [-0.39, 0.29) is 5.41 Å². The van der Waals surface area contributed by atoms with E-state index in [1.807, 2.05) is 0 Å². The van der Waals surface area contributed by atoms with Crippen LogP contribution in [0.25, 0.3) is 98.4 Å². The van der Waals surface area contributed by atoms with Gasteiger partial charge in [0, 0.05) is 5.41 Å². The van der Waals surface area contributed by atoms with Crippen molar-refractivity contribution in [3.05, 3.63) is 193 Å². The number of hydrogen-bond acceptors (Lipinski definition) is 0. The topological polar surface area (TPSA) is 0 Å². The first-order valence-corrected chi connectivity index (χ1v) is 18.7. The molecule has 0 atom stereocenters. The van der Waals surface area contributed by atoms with Crippen molar-refractivity contribution in [3.63, 3.8) is 0 Å². The van der Waals surface area contributed by atoms with Crippen LogP contribution in [-0.2, 0) is 5.41 Å². The molecule has 0 bridgehead atoms. The normalized spacial score (nSPS) is 13.2. The van der Waals surface area contributed by atoms with E-state index in [0.29, 0.717) is 0 Å². The van der Waals surface area contributed by atoms with E-state index in [2.05, 4.69) is 196 Å². The molecule has 0 nitrogen and oxygen atoms in total. The Morgan fingerprint density at radius 3 is 1.30 bits per heavy atom. The molecule has 0 fully saturated rings. The van der Waals surface area contributed by atoms with E-state index in [1.54, 1.807) is 0 Å². The summed E-state index contributed by atoms with van der Waals surface area (Å²) < 4.78 is 0. The van der Waals surface area contributed by atoms with Gasteiger partial charge < -0.3 is 0 Å². The first-order chi connectivity index (χ1) is 26.1. The summed E-state index contributed by atoms with van der Waals surface area (Å²) >= 11 is 0. The molecule has 0 amide bonds. The van der Waals surface area contributed by atoms with Gasteiger partial charge in [-0.05, 0) is 116 Å². The maximum absolute atomic E-state index is 2.49. The first kappa shape index (κ1) is 30.2. The van der Waals surface area contributed by atoms with Crippen LogP contribution in [0.1, 0.15) is 25.0 Å². The molecule has 0 heterocycles. The highest BCUT2D eigenvalue weighted by Crippen LogP contribution is 2.55. The third-order valence-electron chi connectivity index (χ3n) is 12.0. The fourth-order valence-corrected chi connectivity index (χ4v) is 9.76. The van der Waals surface area contributed by atoms with Crippen LogP contribution in [0.15, 0.2) is 182 Å². The third kappa shape index (κ3) is 4.24. The van der Waals surface area contributed by atoms with Crippen molar-refractivity contribution in [2.75, 3.05) is 0 Å². The monoisotopic (exact) mass is 672 g/mol. The van der Waals surface area contributed by atoms with Gasteiger partial charge in [-0.2, -0.15) is 0 Å². The minimum atomic E-state index is -0.154. The largest absolute Gasteiger partial charge is 0.0622 e. The van der Waals surface area contributed by atoms with E-state index >= 15 is 0 Å². The summed E-state index contributed by atoms with van der Waals surface area (Å²) in [6, 6.07) is 67.7. The highest BCUT2D eigenvalue weighted by atomic mass is 14.4. The Bertz CT molecular complexity index is 3070. The second kappa shape index (κ2) is 11.2. The summed E-state index contributed by atoms with van der Waals surface area (Å²) in [4.78, 5) is 0. The van der Waals surface area contributed by atoms with Gasteiger partial charge >= 0.3 is 0 Å². The molecule has 10 aromatic carbocycles. The quantitative estimate of drug-likeness (QED) is 0.129. The molecule has 1 aliphatic carbocycles. The minimum Gasteiger partial charge on any atom is -0.0622 e. The molecule has 0 aliphatic heterocycles. The fraction of sp³-hybridized carbons (Fsp3) is 0.0566. The Morgan fingerprint density at radius 1 is 0.283 bits per heavy atom. The van der Waals surface area contributed by atoms with E-state index in [0.717, 1.165) is 0 Å². The maximum atomic E-state index is 2.49. The predicted molar refractivity (Wildman–Crippen MR) is 228 cm³/mol. The summed E-state index contributed by atoms with van der Waals surface area (Å²) in [5.41, 5.74) is 13.1. The van der Waals surface area contributed by atoms with E-state index in [1.165, 1.54) is 109 Å². The van der Waals surface area contributed by atoms with E-state index < -0.39 is 0 Å². The Morgan fingerprint density at radius 2 is 0.698 bits per heavy atom. The molecule has 53 heavy (non-hydrogen) atoms. The summed E-state index contributed by atoms with van der Waals surface area (Å²) in [7, 11) is 0. The molecule has 248 valence electrons. The third-order valence-corrected chi connectivity index (χ3v) is 12.0. The average Bonchev–Trinajstić information content (AvgIpc) is 3.46. The van der Waals surface area contributed by atoms with Crippen molar-refractivity contribution in [1.82, 2.24) is 0 Å². The van der Waals surface area contributed by atoms with Crippen LogP contribution in [0.4, 0.5) is 0 Å². The highest BCUT2D eigenvalue weighted by molar-refractivity contribution is 6.24. The summed E-state index contributed by atoms with van der Waals surface area (Å²) in [6.45, 7) is 4.83. The standard InChI is InChI=1S/C53H36/c1-53(2)48-32-34(28-29-47(48)51-40-22-10-8-20-38(40)39-21-9-15-27-46(39)52(51)53)35-30-31-45(37-19-7-6-18-36(35)37)50-43-25-13-11-23-41(43)49(33-16-4-3-5-17-33)42-24-12-14-26-44(42)50/h3-32H,1-2H3. The maximum Gasteiger partial charge on any atom is 0.0165 e. The van der Waals surface area contributed by atoms with Crippen molar-refractivity contribution >= 4 is 53.9 Å². The molecular weight excluding hydrogens is 637 g/mol. The number of benzene rings is 10. The van der Waals surface area contributed by atoms with Crippen LogP contribution in [-0.4, -0.2) is 0 Å². The van der Waals surface area contributed by atoms with Crippen molar-refractivity contribution in [3.8, 4) is 44.5 Å². The van der Waals surface area contributed by atoms with Gasteiger partial charge in [0.25, 0.3) is 0 Å². The molecule has 0 saturated carbocycles. The van der Waals surface area contributed by atoms with Crippen LogP contribution in [0.5, 0.6) is 0 Å². The lowest BCUT2D eigenvalue weighted by atomic mass is 9.78. The first-order valence-electron chi connectivity index (χ1n) is 18.7. The fourth-order valence-electron chi connectivity index (χ4n) is 9.76. The van der Waals surface area contributed by atoms with Crippen LogP contribution < -0.4 is 0 Å². The smallest absolute Gasteiger partial charge is 0.0165 e. The molecule has 0 spiro atoms. The summed E-state index contributed by atoms with van der Waals surface area (Å²) in [5.74, 6) is 0. The number of hydrogen-bond donors (Lipinski definition) is 0. The van der Waals surface area contributed by atoms with E-state index in [9.17, 15) is 0 Å². The van der Waals surface area contributed by atoms with Crippen molar-refractivity contribution in [2.24, 2.45) is 0 Å². The van der Waals surface area contributed by atoms with Gasteiger partial charge in [-0.25, -0.2) is 0 Å². The zero-order chi connectivity index (χ0) is 35.3. The van der Waals surface area contributed by atoms with Gasteiger partial charge in [0.05, 0.1) is 0 Å². The molecule has 0 radical (unpaired) electrons. The van der Waals surface area contributed by atoms with E-state index in [4.69, 9.17) is 0 Å². The van der Waals surface area contributed by atoms with Crippen LogP contribution >= 0.6 is 0 Å². The zero-order valence-corrected chi connectivity index (χ0v) is 29.8. The molecule has 10 aromatic rings. The van der Waals surface area contributed by atoms with Crippen LogP contribution in [0, 0.1) is 0 Å². The predicted octanol–water partition coefficient (Wildman–Crippen LogP) is 14.8. The molecule has 0 heteroatoms. The van der Waals surface area contributed by atoms with Crippen LogP contribution in [0.2, 0.25) is 0 Å². The molecule has 0 unspecified atom stereocenters. The van der Waals surface area contributed by atoms with Gasteiger partial charge in [0.1, 0.15) is 0 Å². The van der Waals surface area contributed by atoms with Gasteiger partial charge in [0.15, 0.2) is 0 Å². The summed E-state index contributed by atoms with van der Waals surface area (Å²) in [5, 5.41) is 13.0. The second-order valence-corrected chi connectivity index (χ2v) is 15.1. The molecule has 1 aliphatic rings. The minimum absolute atomic E-state index is 0.154. The molecule has 0 saturated heterocycles. The van der Waals surface area contributed by atoms with Gasteiger partial charge in [-0.1, -0.05) is 190 Å². The van der Waals surface area contributed by atoms with Gasteiger partial charge in [-0.3, -0.25) is 0 Å². The molecule has 0 N–H and O–H groups in total. The summed E-state index contributed by atoms with van der Waals surface area (Å²) in [6.07, 6.45) is 0. The Balaban J connectivity index is 1.15. The van der Waals surface area contributed by atoms with Crippen molar-refractivity contribution < 1.29 is 0 Å². The number of rotatable bonds is 3. The molecule has 0 aromatic heterocycles. The highest BCUT2D eigenvalue weighted by Gasteiger charge is 2.38. The Kier molecular flexibility index (Phi) is 6.40. The molecule has 11 rings (SSSR count). The van der Waals surface area contributed by atoms with Gasteiger partial charge in [0.2, 0.25) is 0 Å². The van der Waals surface area contributed by atoms with Gasteiger partial charge in [-0.15, -0.1) is 0 Å². The van der Waals surface area contributed by atoms with Crippen LogP contribution in [0.3, 0.4) is 0 Å². The lowest BCUT2D eigenvalue weighted by Crippen LogP contribution is -2.15. The average molecular weight is 673 g/mol. The molecular formula is C53H36. The van der Waals surface area contributed by atoms with Crippen molar-refractivity contribution in [1.29, 1.82) is 0 Å².